The lowest BCUT2D eigenvalue weighted by Crippen LogP contribution is -2.43. The molecule has 1 aliphatic rings. The average molecular weight is 435 g/mol. The van der Waals surface area contributed by atoms with Crippen molar-refractivity contribution in [2.24, 2.45) is 0 Å². The zero-order chi connectivity index (χ0) is 23.2. The molecule has 5 nitrogen and oxygen atoms in total. The number of fused-ring (bicyclic) bond motifs is 2. The summed E-state index contributed by atoms with van der Waals surface area (Å²) in [5.41, 5.74) is 7.04. The van der Waals surface area contributed by atoms with Gasteiger partial charge in [-0.25, -0.2) is 9.50 Å². The van der Waals surface area contributed by atoms with Crippen molar-refractivity contribution in [1.29, 1.82) is 0 Å². The second kappa shape index (κ2) is 8.00. The van der Waals surface area contributed by atoms with E-state index in [-0.39, 0.29) is 6.17 Å². The first-order chi connectivity index (χ1) is 16.6. The van der Waals surface area contributed by atoms with Gasteiger partial charge in [0.1, 0.15) is 0 Å². The molecular formula is C28H27N5. The SMILES string of the molecule is [2H]c1ccc2c(-c3cnn4cc(-c5ccc(N6[C@H](C)CCC[C@@H]6C)cc5)cnc34)cccc2n1. The summed E-state index contributed by atoms with van der Waals surface area (Å²) in [5.74, 6) is 0. The zero-order valence-electron chi connectivity index (χ0n) is 19.9. The molecule has 0 spiro atoms. The minimum Gasteiger partial charge on any atom is -0.366 e. The van der Waals surface area contributed by atoms with Crippen LogP contribution in [-0.2, 0) is 0 Å². The Hall–Kier alpha value is -3.73. The van der Waals surface area contributed by atoms with Gasteiger partial charge in [-0.15, -0.1) is 0 Å². The van der Waals surface area contributed by atoms with Gasteiger partial charge >= 0.3 is 0 Å². The Labute approximate surface area is 195 Å². The Morgan fingerprint density at radius 2 is 1.67 bits per heavy atom. The van der Waals surface area contributed by atoms with Gasteiger partial charge < -0.3 is 4.90 Å². The summed E-state index contributed by atoms with van der Waals surface area (Å²) in [7, 11) is 0. The number of aromatic nitrogens is 4. The Morgan fingerprint density at radius 3 is 2.48 bits per heavy atom. The van der Waals surface area contributed by atoms with Gasteiger partial charge in [0.15, 0.2) is 5.65 Å². The standard InChI is InChI=1S/C28H27N5/c1-19-6-3-7-20(2)33(19)23-13-11-21(12-14-23)22-16-30-28-26(17-31-32(28)18-22)24-8-4-10-27-25(24)9-5-15-29-27/h4-5,8-20H,3,6-7H2,1-2H3/t19-,20+/i15D. The van der Waals surface area contributed by atoms with Crippen molar-refractivity contribution in [3.05, 3.63) is 79.4 Å². The highest BCUT2D eigenvalue weighted by atomic mass is 15.2. The molecule has 0 aliphatic carbocycles. The molecule has 164 valence electrons. The van der Waals surface area contributed by atoms with Crippen LogP contribution in [0.1, 0.15) is 34.5 Å². The number of nitrogens with zero attached hydrogens (tertiary/aromatic N) is 5. The quantitative estimate of drug-likeness (QED) is 0.331. The maximum Gasteiger partial charge on any atom is 0.162 e. The number of anilines is 1. The third kappa shape index (κ3) is 3.44. The lowest BCUT2D eigenvalue weighted by molar-refractivity contribution is 0.414. The van der Waals surface area contributed by atoms with E-state index < -0.39 is 0 Å². The van der Waals surface area contributed by atoms with Crippen LogP contribution in [0.5, 0.6) is 0 Å². The average Bonchev–Trinajstić information content (AvgIpc) is 3.27. The van der Waals surface area contributed by atoms with Gasteiger partial charge in [-0.1, -0.05) is 30.3 Å². The summed E-state index contributed by atoms with van der Waals surface area (Å²) in [5, 5.41) is 5.60. The summed E-state index contributed by atoms with van der Waals surface area (Å²) >= 11 is 0. The van der Waals surface area contributed by atoms with E-state index in [0.29, 0.717) is 12.1 Å². The number of pyridine rings is 1. The molecule has 3 aromatic heterocycles. The fraction of sp³-hybridized carbons (Fsp3) is 0.250. The molecule has 0 radical (unpaired) electrons. The molecule has 0 unspecified atom stereocenters. The van der Waals surface area contributed by atoms with E-state index in [1.807, 2.05) is 41.3 Å². The molecule has 2 atom stereocenters. The molecule has 1 fully saturated rings. The highest BCUT2D eigenvalue weighted by Crippen LogP contribution is 2.33. The highest BCUT2D eigenvalue weighted by molar-refractivity contribution is 5.97. The minimum atomic E-state index is 0.266. The van der Waals surface area contributed by atoms with Crippen LogP contribution >= 0.6 is 0 Å². The van der Waals surface area contributed by atoms with Gasteiger partial charge in [-0.05, 0) is 68.5 Å². The lowest BCUT2D eigenvalue weighted by Gasteiger charge is -2.41. The van der Waals surface area contributed by atoms with Crippen molar-refractivity contribution in [3.8, 4) is 22.3 Å². The predicted molar refractivity (Wildman–Crippen MR) is 134 cm³/mol. The van der Waals surface area contributed by atoms with E-state index in [2.05, 4.69) is 59.2 Å². The zero-order valence-corrected chi connectivity index (χ0v) is 18.9. The maximum absolute atomic E-state index is 7.81. The van der Waals surface area contributed by atoms with E-state index >= 15 is 0 Å². The third-order valence-electron chi connectivity index (χ3n) is 6.93. The second-order valence-corrected chi connectivity index (χ2v) is 9.06. The molecule has 4 heterocycles. The fourth-order valence-electron chi connectivity index (χ4n) is 5.26. The van der Waals surface area contributed by atoms with Crippen LogP contribution in [0.3, 0.4) is 0 Å². The number of piperidine rings is 1. The molecular weight excluding hydrogens is 406 g/mol. The molecule has 5 heteroatoms. The first kappa shape index (κ1) is 18.8. The van der Waals surface area contributed by atoms with Crippen LogP contribution < -0.4 is 4.90 Å². The summed E-state index contributed by atoms with van der Waals surface area (Å²) in [4.78, 5) is 11.7. The molecule has 0 bridgehead atoms. The first-order valence-electron chi connectivity index (χ1n) is 12.2. The second-order valence-electron chi connectivity index (χ2n) is 9.06. The first-order valence-corrected chi connectivity index (χ1v) is 11.7. The van der Waals surface area contributed by atoms with Gasteiger partial charge in [-0.2, -0.15) is 5.10 Å². The summed E-state index contributed by atoms with van der Waals surface area (Å²) in [6, 6.07) is 19.6. The normalized spacial score (nSPS) is 19.2. The number of hydrogen-bond acceptors (Lipinski definition) is 4. The Morgan fingerprint density at radius 1 is 0.848 bits per heavy atom. The molecule has 0 amide bonds. The van der Waals surface area contributed by atoms with Gasteiger partial charge in [0.2, 0.25) is 0 Å². The van der Waals surface area contributed by atoms with Crippen molar-refractivity contribution in [3.63, 3.8) is 0 Å². The monoisotopic (exact) mass is 434 g/mol. The van der Waals surface area contributed by atoms with E-state index in [9.17, 15) is 0 Å². The molecule has 33 heavy (non-hydrogen) atoms. The summed E-state index contributed by atoms with van der Waals surface area (Å²) in [6.45, 7) is 4.66. The summed E-state index contributed by atoms with van der Waals surface area (Å²) in [6.07, 6.45) is 9.91. The van der Waals surface area contributed by atoms with E-state index in [1.54, 1.807) is 6.07 Å². The maximum atomic E-state index is 7.81. The topological polar surface area (TPSA) is 46.3 Å². The number of benzene rings is 2. The van der Waals surface area contributed by atoms with E-state index in [4.69, 9.17) is 6.35 Å². The van der Waals surface area contributed by atoms with Crippen LogP contribution in [0.15, 0.2) is 79.4 Å². The number of rotatable bonds is 3. The molecule has 1 saturated heterocycles. The van der Waals surface area contributed by atoms with Crippen molar-refractivity contribution in [2.75, 3.05) is 4.90 Å². The van der Waals surface area contributed by atoms with Crippen LogP contribution in [-0.4, -0.2) is 31.7 Å². The Kier molecular flexibility index (Phi) is 4.56. The summed E-state index contributed by atoms with van der Waals surface area (Å²) < 4.78 is 9.65. The highest BCUT2D eigenvalue weighted by Gasteiger charge is 2.24. The predicted octanol–water partition coefficient (Wildman–Crippen LogP) is 6.38. The molecule has 0 N–H and O–H groups in total. The minimum absolute atomic E-state index is 0.266. The van der Waals surface area contributed by atoms with Crippen molar-refractivity contribution in [2.45, 2.75) is 45.2 Å². The van der Waals surface area contributed by atoms with Crippen molar-refractivity contribution >= 4 is 22.2 Å². The van der Waals surface area contributed by atoms with Gasteiger partial charge in [0.25, 0.3) is 0 Å². The molecule has 1 aliphatic heterocycles. The van der Waals surface area contributed by atoms with Gasteiger partial charge in [0, 0.05) is 52.9 Å². The fourth-order valence-corrected chi connectivity index (χ4v) is 5.26. The smallest absolute Gasteiger partial charge is 0.162 e. The number of hydrogen-bond donors (Lipinski definition) is 0. The van der Waals surface area contributed by atoms with E-state index in [1.165, 1.54) is 24.9 Å². The van der Waals surface area contributed by atoms with Crippen LogP contribution in [0.2, 0.25) is 0 Å². The third-order valence-corrected chi connectivity index (χ3v) is 6.93. The van der Waals surface area contributed by atoms with Crippen LogP contribution in [0, 0.1) is 0 Å². The van der Waals surface area contributed by atoms with Gasteiger partial charge in [0.05, 0.1) is 13.1 Å². The molecule has 6 rings (SSSR count). The molecule has 5 aromatic rings. The Bertz CT molecular complexity index is 1480. The van der Waals surface area contributed by atoms with Crippen molar-refractivity contribution in [1.82, 2.24) is 19.6 Å². The van der Waals surface area contributed by atoms with E-state index in [0.717, 1.165) is 38.8 Å². The molecule has 2 aromatic carbocycles. The molecule has 0 saturated carbocycles. The van der Waals surface area contributed by atoms with Crippen LogP contribution in [0.4, 0.5) is 5.69 Å². The Balaban J connectivity index is 1.35. The lowest BCUT2D eigenvalue weighted by atomic mass is 9.96. The largest absolute Gasteiger partial charge is 0.366 e. The van der Waals surface area contributed by atoms with Crippen molar-refractivity contribution < 1.29 is 1.37 Å². The van der Waals surface area contributed by atoms with Gasteiger partial charge in [-0.3, -0.25) is 4.98 Å². The van der Waals surface area contributed by atoms with Crippen LogP contribution in [0.25, 0.3) is 38.8 Å².